The predicted octanol–water partition coefficient (Wildman–Crippen LogP) is 2.29. The average Bonchev–Trinajstić information content (AvgIpc) is 2.23. The number of rotatable bonds is 3. The Morgan fingerprint density at radius 2 is 2.00 bits per heavy atom. The molecule has 1 fully saturated rings. The van der Waals surface area contributed by atoms with Gasteiger partial charge in [0.25, 0.3) is 0 Å². The first-order valence-corrected chi connectivity index (χ1v) is 8.76. The predicted molar refractivity (Wildman–Crippen MR) is 71.0 cm³/mol. The van der Waals surface area contributed by atoms with Crippen molar-refractivity contribution in [2.45, 2.75) is 34.6 Å². The molecule has 1 aromatic carbocycles. The lowest BCUT2D eigenvalue weighted by atomic mass is 9.73. The molecule has 0 atom stereocenters. The van der Waals surface area contributed by atoms with Crippen molar-refractivity contribution in [1.29, 1.82) is 0 Å². The Labute approximate surface area is 111 Å². The molecule has 2 N–H and O–H groups in total. The molecular weight excluding hydrogens is 273 g/mol. The molecule has 0 amide bonds. The van der Waals surface area contributed by atoms with Gasteiger partial charge >= 0.3 is 0 Å². The van der Waals surface area contributed by atoms with Crippen molar-refractivity contribution >= 4 is 21.6 Å². The van der Waals surface area contributed by atoms with Crippen LogP contribution in [0, 0.1) is 5.82 Å². The largest absolute Gasteiger partial charge is 0.321 e. The highest BCUT2D eigenvalue weighted by Gasteiger charge is 2.36. The Balaban J connectivity index is 2.64. The van der Waals surface area contributed by atoms with Gasteiger partial charge in [0.05, 0.1) is 9.79 Å². The lowest BCUT2D eigenvalue weighted by Gasteiger charge is -2.39. The van der Waals surface area contributed by atoms with Crippen LogP contribution in [0.5, 0.6) is 0 Å². The van der Waals surface area contributed by atoms with Crippen molar-refractivity contribution < 1.29 is 12.8 Å². The highest BCUT2D eigenvalue weighted by Crippen LogP contribution is 2.41. The third-order valence-corrected chi connectivity index (χ3v) is 5.51. The zero-order chi connectivity index (χ0) is 13.6. The van der Waals surface area contributed by atoms with Crippen LogP contribution in [-0.4, -0.2) is 20.9 Å². The fraction of sp³-hybridized carbons (Fsp3) is 0.500. The van der Waals surface area contributed by atoms with Gasteiger partial charge in [-0.2, -0.15) is 0 Å². The lowest BCUT2D eigenvalue weighted by molar-refractivity contribution is 0.252. The van der Waals surface area contributed by atoms with E-state index >= 15 is 0 Å². The number of nitrogens with two attached hydrogens (primary N) is 1. The molecule has 0 radical (unpaired) electrons. The van der Waals surface area contributed by atoms with Gasteiger partial charge < -0.3 is 5.73 Å². The van der Waals surface area contributed by atoms with Crippen LogP contribution < -0.4 is 5.73 Å². The quantitative estimate of drug-likeness (QED) is 0.867. The summed E-state index contributed by atoms with van der Waals surface area (Å²) >= 11 is 1.10. The van der Waals surface area contributed by atoms with Crippen molar-refractivity contribution in [2.24, 2.45) is 5.73 Å². The Hall–Kier alpha value is -0.590. The van der Waals surface area contributed by atoms with Crippen molar-refractivity contribution in [1.82, 2.24) is 0 Å². The van der Waals surface area contributed by atoms with Crippen LogP contribution in [0.1, 0.15) is 24.8 Å². The van der Waals surface area contributed by atoms with E-state index in [0.29, 0.717) is 5.56 Å². The van der Waals surface area contributed by atoms with E-state index in [2.05, 4.69) is 0 Å². The number of sulfone groups is 1. The molecule has 2 rings (SSSR count). The Bertz CT molecular complexity index is 580. The smallest absolute Gasteiger partial charge is 0.176 e. The molecule has 1 aliphatic carbocycles. The maximum Gasteiger partial charge on any atom is 0.176 e. The summed E-state index contributed by atoms with van der Waals surface area (Å²) in [4.78, 5) is 0.214. The molecule has 0 unspecified atom stereocenters. The van der Waals surface area contributed by atoms with Crippen LogP contribution >= 0.6 is 11.8 Å². The van der Waals surface area contributed by atoms with E-state index in [0.717, 1.165) is 37.3 Å². The Kier molecular flexibility index (Phi) is 3.46. The van der Waals surface area contributed by atoms with Gasteiger partial charge in [0.1, 0.15) is 5.82 Å². The molecule has 100 valence electrons. The van der Waals surface area contributed by atoms with Gasteiger partial charge in [0.15, 0.2) is 9.84 Å². The zero-order valence-corrected chi connectivity index (χ0v) is 12.0. The first-order valence-electron chi connectivity index (χ1n) is 5.65. The molecule has 1 aromatic rings. The standard InChI is InChI=1S/C12H16FNO2S2/c1-17-11-9(13)6-8(12(14)4-3-5-12)7-10(11)18(2,15)16/h6-7H,3-5,14H2,1-2H3. The van der Waals surface area contributed by atoms with Gasteiger partial charge in [-0.3, -0.25) is 0 Å². The first kappa shape index (κ1) is 13.8. The van der Waals surface area contributed by atoms with Crippen molar-refractivity contribution in [2.75, 3.05) is 12.5 Å². The van der Waals surface area contributed by atoms with Gasteiger partial charge in [0, 0.05) is 11.8 Å². The summed E-state index contributed by atoms with van der Waals surface area (Å²) in [6.07, 6.45) is 5.29. The second kappa shape index (κ2) is 4.51. The maximum absolute atomic E-state index is 14.0. The Morgan fingerprint density at radius 3 is 2.39 bits per heavy atom. The van der Waals surface area contributed by atoms with Crippen molar-refractivity contribution in [3.8, 4) is 0 Å². The molecule has 1 saturated carbocycles. The topological polar surface area (TPSA) is 60.2 Å². The summed E-state index contributed by atoms with van der Waals surface area (Å²) in [6.45, 7) is 0. The lowest BCUT2D eigenvalue weighted by Crippen LogP contribution is -2.43. The molecule has 6 heteroatoms. The van der Waals surface area contributed by atoms with Crippen LogP contribution in [0.4, 0.5) is 4.39 Å². The normalized spacial score (nSPS) is 18.4. The molecule has 0 heterocycles. The number of thioether (sulfide) groups is 1. The summed E-state index contributed by atoms with van der Waals surface area (Å²) in [6, 6.07) is 2.91. The van der Waals surface area contributed by atoms with Gasteiger partial charge in [-0.25, -0.2) is 12.8 Å². The van der Waals surface area contributed by atoms with Crippen LogP contribution in [0.2, 0.25) is 0 Å². The monoisotopic (exact) mass is 289 g/mol. The summed E-state index contributed by atoms with van der Waals surface area (Å²) in [5.74, 6) is -0.503. The van der Waals surface area contributed by atoms with E-state index in [9.17, 15) is 12.8 Å². The van der Waals surface area contributed by atoms with Crippen molar-refractivity contribution in [3.63, 3.8) is 0 Å². The third kappa shape index (κ3) is 2.29. The summed E-state index contributed by atoms with van der Waals surface area (Å²) < 4.78 is 37.5. The Morgan fingerprint density at radius 1 is 1.39 bits per heavy atom. The van der Waals surface area contributed by atoms with Gasteiger partial charge in [-0.1, -0.05) is 0 Å². The molecular formula is C12H16FNO2S2. The highest BCUT2D eigenvalue weighted by molar-refractivity contribution is 7.99. The molecule has 0 saturated heterocycles. The maximum atomic E-state index is 14.0. The second-order valence-electron chi connectivity index (χ2n) is 4.77. The number of benzene rings is 1. The van der Waals surface area contributed by atoms with Crippen LogP contribution in [0.25, 0.3) is 0 Å². The number of hydrogen-bond donors (Lipinski definition) is 1. The molecule has 1 aliphatic rings. The molecule has 0 bridgehead atoms. The minimum Gasteiger partial charge on any atom is -0.321 e. The summed E-state index contributed by atoms with van der Waals surface area (Å²) in [7, 11) is -3.45. The summed E-state index contributed by atoms with van der Waals surface area (Å²) in [5.41, 5.74) is 6.16. The first-order chi connectivity index (χ1) is 8.28. The molecule has 0 aromatic heterocycles. The van der Waals surface area contributed by atoms with E-state index in [1.165, 1.54) is 12.1 Å². The molecule has 0 spiro atoms. The fourth-order valence-corrected chi connectivity index (χ4v) is 4.17. The zero-order valence-electron chi connectivity index (χ0n) is 10.4. The van der Waals surface area contributed by atoms with Crippen LogP contribution in [0.15, 0.2) is 21.9 Å². The minimum absolute atomic E-state index is 0.0433. The van der Waals surface area contributed by atoms with Gasteiger partial charge in [-0.05, 0) is 43.2 Å². The van der Waals surface area contributed by atoms with Gasteiger partial charge in [-0.15, -0.1) is 11.8 Å². The van der Waals surface area contributed by atoms with E-state index in [1.54, 1.807) is 6.26 Å². The van der Waals surface area contributed by atoms with E-state index in [4.69, 9.17) is 5.73 Å². The SMILES string of the molecule is CSc1c(F)cc(C2(N)CCC2)cc1S(C)(=O)=O. The molecule has 3 nitrogen and oxygen atoms in total. The minimum atomic E-state index is -3.45. The van der Waals surface area contributed by atoms with Crippen molar-refractivity contribution in [3.05, 3.63) is 23.5 Å². The fourth-order valence-electron chi connectivity index (χ4n) is 2.18. The van der Waals surface area contributed by atoms with E-state index in [-0.39, 0.29) is 9.79 Å². The second-order valence-corrected chi connectivity index (χ2v) is 7.57. The van der Waals surface area contributed by atoms with Crippen LogP contribution in [0.3, 0.4) is 0 Å². The van der Waals surface area contributed by atoms with Crippen LogP contribution in [-0.2, 0) is 15.4 Å². The molecule has 18 heavy (non-hydrogen) atoms. The van der Waals surface area contributed by atoms with E-state index in [1.807, 2.05) is 0 Å². The highest BCUT2D eigenvalue weighted by atomic mass is 32.2. The third-order valence-electron chi connectivity index (χ3n) is 3.43. The summed E-state index contributed by atoms with van der Waals surface area (Å²) in [5, 5.41) is 0. The number of halogens is 1. The van der Waals surface area contributed by atoms with E-state index < -0.39 is 21.2 Å². The number of hydrogen-bond acceptors (Lipinski definition) is 4. The average molecular weight is 289 g/mol. The van der Waals surface area contributed by atoms with Gasteiger partial charge in [0.2, 0.25) is 0 Å². The molecule has 0 aliphatic heterocycles.